The molecule has 2 aromatic rings. The Hall–Kier alpha value is -2.80. The molecule has 0 N–H and O–H groups in total. The Kier molecular flexibility index (Phi) is 4.38. The van der Waals surface area contributed by atoms with Crippen LogP contribution in [0, 0.1) is 24.2 Å². The van der Waals surface area contributed by atoms with Gasteiger partial charge < -0.3 is 9.80 Å². The molecule has 1 aliphatic heterocycles. The lowest BCUT2D eigenvalue weighted by molar-refractivity contribution is -0.135. The lowest BCUT2D eigenvalue weighted by Gasteiger charge is -2.37. The normalized spacial score (nSPS) is 19.2. The molecule has 0 saturated carbocycles. The van der Waals surface area contributed by atoms with E-state index in [4.69, 9.17) is 5.26 Å². The van der Waals surface area contributed by atoms with Crippen molar-refractivity contribution in [3.05, 3.63) is 64.7 Å². The predicted octanol–water partition coefficient (Wildman–Crippen LogP) is 2.93. The summed E-state index contributed by atoms with van der Waals surface area (Å²) in [7, 11) is 0. The van der Waals surface area contributed by atoms with Gasteiger partial charge in [0.25, 0.3) is 0 Å². The summed E-state index contributed by atoms with van der Waals surface area (Å²) in [6, 6.07) is 16.5. The fourth-order valence-corrected chi connectivity index (χ4v) is 4.13. The number of carbonyl (C=O) groups is 1. The third kappa shape index (κ3) is 3.17. The third-order valence-corrected chi connectivity index (χ3v) is 5.58. The zero-order valence-corrected chi connectivity index (χ0v) is 15.1. The number of amides is 1. The molecule has 0 spiro atoms. The summed E-state index contributed by atoms with van der Waals surface area (Å²) in [4.78, 5) is 17.3. The van der Waals surface area contributed by atoms with Crippen molar-refractivity contribution < 1.29 is 4.79 Å². The van der Waals surface area contributed by atoms with Crippen LogP contribution in [0.2, 0.25) is 0 Å². The molecule has 0 bridgehead atoms. The van der Waals surface area contributed by atoms with E-state index in [0.29, 0.717) is 5.56 Å². The van der Waals surface area contributed by atoms with Crippen molar-refractivity contribution in [3.63, 3.8) is 0 Å². The van der Waals surface area contributed by atoms with Crippen LogP contribution < -0.4 is 4.90 Å². The minimum absolute atomic E-state index is 0.0319. The molecule has 1 amide bonds. The van der Waals surface area contributed by atoms with Crippen molar-refractivity contribution in [2.75, 3.05) is 31.1 Å². The second-order valence-electron chi connectivity index (χ2n) is 7.35. The molecule has 2 aliphatic rings. The topological polar surface area (TPSA) is 47.3 Å². The summed E-state index contributed by atoms with van der Waals surface area (Å²) in [5.74, 6) is 0.299. The first-order chi connectivity index (χ1) is 12.6. The molecular weight excluding hydrogens is 322 g/mol. The van der Waals surface area contributed by atoms with Gasteiger partial charge in [-0.05, 0) is 60.7 Å². The maximum absolute atomic E-state index is 13.0. The van der Waals surface area contributed by atoms with Crippen molar-refractivity contribution in [2.24, 2.45) is 5.92 Å². The van der Waals surface area contributed by atoms with E-state index in [0.717, 1.165) is 39.0 Å². The van der Waals surface area contributed by atoms with E-state index in [1.807, 2.05) is 23.1 Å². The summed E-state index contributed by atoms with van der Waals surface area (Å²) in [5.41, 5.74) is 5.58. The van der Waals surface area contributed by atoms with E-state index >= 15 is 0 Å². The molecule has 1 saturated heterocycles. The van der Waals surface area contributed by atoms with Crippen molar-refractivity contribution in [3.8, 4) is 6.07 Å². The number of benzene rings is 2. The number of carbonyl (C=O) groups excluding carboxylic acids is 1. The van der Waals surface area contributed by atoms with Crippen LogP contribution in [0.3, 0.4) is 0 Å². The molecule has 4 heteroatoms. The molecular formula is C22H23N3O. The Morgan fingerprint density at radius 3 is 2.54 bits per heavy atom. The van der Waals surface area contributed by atoms with Gasteiger partial charge in [-0.25, -0.2) is 0 Å². The summed E-state index contributed by atoms with van der Waals surface area (Å²) < 4.78 is 0. The number of anilines is 1. The van der Waals surface area contributed by atoms with E-state index < -0.39 is 0 Å². The number of piperazine rings is 1. The van der Waals surface area contributed by atoms with Crippen LogP contribution in [0.4, 0.5) is 5.69 Å². The van der Waals surface area contributed by atoms with E-state index in [1.165, 1.54) is 22.4 Å². The van der Waals surface area contributed by atoms with Crippen LogP contribution in [0.15, 0.2) is 42.5 Å². The van der Waals surface area contributed by atoms with Gasteiger partial charge in [0.1, 0.15) is 0 Å². The molecule has 2 aromatic carbocycles. The summed E-state index contributed by atoms with van der Waals surface area (Å²) in [6.07, 6.45) is 1.57. The molecule has 0 aromatic heterocycles. The molecule has 1 atom stereocenters. The highest BCUT2D eigenvalue weighted by molar-refractivity contribution is 5.81. The van der Waals surface area contributed by atoms with Gasteiger partial charge in [-0.3, -0.25) is 4.79 Å². The first kappa shape index (κ1) is 16.7. The van der Waals surface area contributed by atoms with Crippen molar-refractivity contribution in [1.82, 2.24) is 4.90 Å². The number of fused-ring (bicyclic) bond motifs is 1. The molecule has 132 valence electrons. The van der Waals surface area contributed by atoms with Crippen LogP contribution in [0.5, 0.6) is 0 Å². The van der Waals surface area contributed by atoms with Gasteiger partial charge in [-0.1, -0.05) is 18.2 Å². The highest BCUT2D eigenvalue weighted by atomic mass is 16.2. The standard InChI is InChI=1S/C22H23N3O/c1-16-3-2-4-21(11-16)24-7-9-25(10-8-24)22(26)20-13-18-6-5-17(15-23)12-19(18)14-20/h2-6,11-12,20H,7-10,13-14H2,1H3. The Morgan fingerprint density at radius 1 is 1.04 bits per heavy atom. The number of aryl methyl sites for hydroxylation is 1. The zero-order chi connectivity index (χ0) is 18.1. The van der Waals surface area contributed by atoms with Gasteiger partial charge in [-0.2, -0.15) is 5.26 Å². The minimum atomic E-state index is 0.0319. The Morgan fingerprint density at radius 2 is 1.81 bits per heavy atom. The second-order valence-corrected chi connectivity index (χ2v) is 7.35. The van der Waals surface area contributed by atoms with E-state index in [-0.39, 0.29) is 11.8 Å². The lowest BCUT2D eigenvalue weighted by Crippen LogP contribution is -2.50. The maximum atomic E-state index is 13.0. The smallest absolute Gasteiger partial charge is 0.226 e. The van der Waals surface area contributed by atoms with Crippen LogP contribution in [-0.2, 0) is 17.6 Å². The number of nitriles is 1. The SMILES string of the molecule is Cc1cccc(N2CCN(C(=O)C3Cc4ccc(C#N)cc4C3)CC2)c1. The molecule has 4 rings (SSSR count). The highest BCUT2D eigenvalue weighted by Crippen LogP contribution is 2.29. The fraction of sp³-hybridized carbons (Fsp3) is 0.364. The van der Waals surface area contributed by atoms with Gasteiger partial charge in [0.2, 0.25) is 5.91 Å². The monoisotopic (exact) mass is 345 g/mol. The van der Waals surface area contributed by atoms with Gasteiger partial charge in [0.15, 0.2) is 0 Å². The molecule has 1 unspecified atom stereocenters. The Bertz CT molecular complexity index is 875. The maximum Gasteiger partial charge on any atom is 0.226 e. The van der Waals surface area contributed by atoms with Crippen molar-refractivity contribution in [1.29, 1.82) is 5.26 Å². The van der Waals surface area contributed by atoms with Crippen LogP contribution in [0.1, 0.15) is 22.3 Å². The first-order valence-corrected chi connectivity index (χ1v) is 9.26. The Balaban J connectivity index is 1.38. The zero-order valence-electron chi connectivity index (χ0n) is 15.1. The minimum Gasteiger partial charge on any atom is -0.368 e. The fourth-order valence-electron chi connectivity index (χ4n) is 4.13. The van der Waals surface area contributed by atoms with Gasteiger partial charge in [0, 0.05) is 37.8 Å². The number of hydrogen-bond donors (Lipinski definition) is 0. The molecule has 1 heterocycles. The summed E-state index contributed by atoms with van der Waals surface area (Å²) in [6.45, 7) is 5.44. The van der Waals surface area contributed by atoms with E-state index in [1.54, 1.807) is 0 Å². The largest absolute Gasteiger partial charge is 0.368 e. The first-order valence-electron chi connectivity index (χ1n) is 9.26. The van der Waals surface area contributed by atoms with E-state index in [2.05, 4.69) is 42.2 Å². The summed E-state index contributed by atoms with van der Waals surface area (Å²) >= 11 is 0. The Labute approximate surface area is 154 Å². The molecule has 1 aliphatic carbocycles. The van der Waals surface area contributed by atoms with Crippen LogP contribution in [-0.4, -0.2) is 37.0 Å². The van der Waals surface area contributed by atoms with Gasteiger partial charge >= 0.3 is 0 Å². The van der Waals surface area contributed by atoms with Gasteiger partial charge in [0.05, 0.1) is 11.6 Å². The molecule has 4 nitrogen and oxygen atoms in total. The third-order valence-electron chi connectivity index (χ3n) is 5.58. The summed E-state index contributed by atoms with van der Waals surface area (Å²) in [5, 5.41) is 9.05. The number of hydrogen-bond acceptors (Lipinski definition) is 3. The quantitative estimate of drug-likeness (QED) is 0.841. The number of rotatable bonds is 2. The van der Waals surface area contributed by atoms with Crippen molar-refractivity contribution in [2.45, 2.75) is 19.8 Å². The van der Waals surface area contributed by atoms with Crippen LogP contribution >= 0.6 is 0 Å². The lowest BCUT2D eigenvalue weighted by atomic mass is 10.0. The number of nitrogens with zero attached hydrogens (tertiary/aromatic N) is 3. The van der Waals surface area contributed by atoms with Crippen LogP contribution in [0.25, 0.3) is 0 Å². The predicted molar refractivity (Wildman–Crippen MR) is 102 cm³/mol. The molecule has 26 heavy (non-hydrogen) atoms. The molecule has 0 radical (unpaired) electrons. The average Bonchev–Trinajstić information content (AvgIpc) is 3.10. The highest BCUT2D eigenvalue weighted by Gasteiger charge is 2.32. The molecule has 1 fully saturated rings. The second kappa shape index (κ2) is 6.84. The van der Waals surface area contributed by atoms with Crippen molar-refractivity contribution >= 4 is 11.6 Å². The van der Waals surface area contributed by atoms with Gasteiger partial charge in [-0.15, -0.1) is 0 Å². The average molecular weight is 345 g/mol. The van der Waals surface area contributed by atoms with E-state index in [9.17, 15) is 4.79 Å².